The number of rotatable bonds is 5. The molecule has 1 aromatic carbocycles. The summed E-state index contributed by atoms with van der Waals surface area (Å²) in [4.78, 5) is 24.1. The third-order valence-electron chi connectivity index (χ3n) is 6.25. The summed E-state index contributed by atoms with van der Waals surface area (Å²) < 4.78 is 35.6. The number of aromatic nitrogens is 2. The van der Waals surface area contributed by atoms with Crippen molar-refractivity contribution >= 4 is 38.8 Å². The van der Waals surface area contributed by atoms with Gasteiger partial charge in [-0.25, -0.2) is 18.8 Å². The molecular formula is C24H27N5O5S. The molecule has 10 nitrogen and oxygen atoms in total. The predicted octanol–water partition coefficient (Wildman–Crippen LogP) is 2.46. The van der Waals surface area contributed by atoms with Crippen LogP contribution < -0.4 is 15.8 Å². The van der Waals surface area contributed by atoms with Crippen molar-refractivity contribution in [1.82, 2.24) is 9.97 Å². The average Bonchev–Trinajstić information content (AvgIpc) is 2.85. The molecule has 4 heterocycles. The van der Waals surface area contributed by atoms with Gasteiger partial charge < -0.3 is 14.1 Å². The monoisotopic (exact) mass is 497 g/mol. The van der Waals surface area contributed by atoms with Crippen LogP contribution in [0.4, 0.5) is 11.8 Å². The third kappa shape index (κ3) is 4.92. The zero-order chi connectivity index (χ0) is 24.6. The van der Waals surface area contributed by atoms with Crippen LogP contribution in [0.5, 0.6) is 0 Å². The second kappa shape index (κ2) is 9.38. The lowest BCUT2D eigenvalue weighted by Gasteiger charge is -2.31. The molecule has 0 spiro atoms. The lowest BCUT2D eigenvalue weighted by molar-refractivity contribution is 0.122. The number of hydrogen-bond donors (Lipinski definition) is 1. The zero-order valence-corrected chi connectivity index (χ0v) is 20.5. The Bertz CT molecular complexity index is 1460. The van der Waals surface area contributed by atoms with Gasteiger partial charge in [-0.3, -0.25) is 4.79 Å². The van der Waals surface area contributed by atoms with Gasteiger partial charge in [-0.05, 0) is 23.6 Å². The van der Waals surface area contributed by atoms with E-state index in [1.807, 2.05) is 17.0 Å². The van der Waals surface area contributed by atoms with Crippen LogP contribution in [0.3, 0.4) is 0 Å². The number of benzene rings is 1. The van der Waals surface area contributed by atoms with Crippen LogP contribution in [0.15, 0.2) is 38.8 Å². The summed E-state index contributed by atoms with van der Waals surface area (Å²) in [5.74, 6) is 1.10. The molecule has 2 aliphatic heterocycles. The van der Waals surface area contributed by atoms with E-state index in [9.17, 15) is 13.2 Å². The Morgan fingerprint density at radius 3 is 2.77 bits per heavy atom. The average molecular weight is 498 g/mol. The summed E-state index contributed by atoms with van der Waals surface area (Å²) in [5, 5.41) is 4.68. The van der Waals surface area contributed by atoms with Crippen molar-refractivity contribution < 1.29 is 17.6 Å². The number of hydrogen-bond acceptors (Lipinski definition) is 10. The Morgan fingerprint density at radius 1 is 1.20 bits per heavy atom. The number of anilines is 2. The van der Waals surface area contributed by atoms with Crippen molar-refractivity contribution in [3.8, 4) is 0 Å². The molecule has 0 saturated carbocycles. The normalized spacial score (nSPS) is 17.7. The molecule has 1 saturated heterocycles. The fourth-order valence-corrected chi connectivity index (χ4v) is 5.66. The Morgan fingerprint density at radius 2 is 2.00 bits per heavy atom. The number of aryl methyl sites for hydroxylation is 1. The van der Waals surface area contributed by atoms with Crippen LogP contribution in [0.2, 0.25) is 0 Å². The van der Waals surface area contributed by atoms with Gasteiger partial charge in [-0.1, -0.05) is 19.9 Å². The number of fused-ring (bicyclic) bond motifs is 2. The Kier molecular flexibility index (Phi) is 6.28. The molecule has 11 heteroatoms. The minimum absolute atomic E-state index is 0.0543. The van der Waals surface area contributed by atoms with E-state index in [4.69, 9.17) is 9.15 Å². The molecule has 1 N–H and O–H groups in total. The minimum Gasteiger partial charge on any atom is -0.463 e. The van der Waals surface area contributed by atoms with E-state index in [1.165, 1.54) is 12.5 Å². The number of ether oxygens (including phenoxy) is 1. The molecule has 0 bridgehead atoms. The van der Waals surface area contributed by atoms with Gasteiger partial charge in [0.15, 0.2) is 9.84 Å². The van der Waals surface area contributed by atoms with Crippen molar-refractivity contribution in [1.29, 1.82) is 0 Å². The highest BCUT2D eigenvalue weighted by Gasteiger charge is 2.29. The maximum Gasteiger partial charge on any atom is 0.245 e. The number of nitrogens with one attached hydrogen (secondary N) is 1. The first-order chi connectivity index (χ1) is 16.8. The Hall–Kier alpha value is -3.31. The fraction of sp³-hybridized carbons (Fsp3) is 0.417. The SMILES string of the molecule is CC(C)c1ccc2occ(/C=N/Nc3nc4c(c(N5CCOCC5)n3)CS(=O)(=O)CC4)c(=O)c2c1. The molecule has 35 heavy (non-hydrogen) atoms. The summed E-state index contributed by atoms with van der Waals surface area (Å²) in [6, 6.07) is 5.61. The summed E-state index contributed by atoms with van der Waals surface area (Å²) >= 11 is 0. The largest absolute Gasteiger partial charge is 0.463 e. The molecule has 3 aromatic rings. The highest BCUT2D eigenvalue weighted by molar-refractivity contribution is 7.90. The topological polar surface area (TPSA) is 127 Å². The van der Waals surface area contributed by atoms with Crippen LogP contribution >= 0.6 is 0 Å². The summed E-state index contributed by atoms with van der Waals surface area (Å²) in [5.41, 5.74) is 5.84. The predicted molar refractivity (Wildman–Crippen MR) is 134 cm³/mol. The zero-order valence-electron chi connectivity index (χ0n) is 19.7. The van der Waals surface area contributed by atoms with Crippen molar-refractivity contribution in [2.75, 3.05) is 42.4 Å². The number of sulfone groups is 1. The molecule has 0 radical (unpaired) electrons. The van der Waals surface area contributed by atoms with E-state index in [-0.39, 0.29) is 28.8 Å². The van der Waals surface area contributed by atoms with Gasteiger partial charge in [0.25, 0.3) is 0 Å². The molecule has 1 fully saturated rings. The van der Waals surface area contributed by atoms with Crippen molar-refractivity contribution in [3.05, 3.63) is 57.1 Å². The molecule has 2 aliphatic rings. The molecule has 5 rings (SSSR count). The van der Waals surface area contributed by atoms with Crippen molar-refractivity contribution in [2.24, 2.45) is 5.10 Å². The molecule has 184 valence electrons. The highest BCUT2D eigenvalue weighted by Crippen LogP contribution is 2.29. The second-order valence-corrected chi connectivity index (χ2v) is 11.2. The van der Waals surface area contributed by atoms with Crippen LogP contribution in [0.1, 0.15) is 42.1 Å². The van der Waals surface area contributed by atoms with Crippen LogP contribution in [-0.2, 0) is 26.7 Å². The van der Waals surface area contributed by atoms with Crippen LogP contribution in [-0.4, -0.2) is 56.7 Å². The van der Waals surface area contributed by atoms with E-state index in [0.29, 0.717) is 66.3 Å². The van der Waals surface area contributed by atoms with Crippen molar-refractivity contribution in [2.45, 2.75) is 31.9 Å². The lowest BCUT2D eigenvalue weighted by atomic mass is 10.0. The number of morpholine rings is 1. The van der Waals surface area contributed by atoms with E-state index in [2.05, 4.69) is 34.3 Å². The molecule has 0 atom stereocenters. The number of nitrogens with zero attached hydrogens (tertiary/aromatic N) is 4. The second-order valence-electron chi connectivity index (χ2n) is 9.04. The van der Waals surface area contributed by atoms with Gasteiger partial charge in [0.2, 0.25) is 11.4 Å². The highest BCUT2D eigenvalue weighted by atomic mass is 32.2. The lowest BCUT2D eigenvalue weighted by Crippen LogP contribution is -2.38. The first kappa shape index (κ1) is 23.4. The van der Waals surface area contributed by atoms with Gasteiger partial charge in [0, 0.05) is 25.1 Å². The van der Waals surface area contributed by atoms with E-state index in [0.717, 1.165) is 5.56 Å². The Labute approximate surface area is 202 Å². The molecule has 0 unspecified atom stereocenters. The van der Waals surface area contributed by atoms with E-state index in [1.54, 1.807) is 6.07 Å². The number of hydrazone groups is 1. The van der Waals surface area contributed by atoms with Gasteiger partial charge in [0.1, 0.15) is 17.7 Å². The maximum absolute atomic E-state index is 13.0. The smallest absolute Gasteiger partial charge is 0.245 e. The summed E-state index contributed by atoms with van der Waals surface area (Å²) in [7, 11) is -3.19. The standard InChI is InChI=1S/C24H27N5O5S/c1-15(2)16-3-4-21-18(11-16)22(30)17(13-34-21)12-25-28-24-26-20-5-10-35(31,32)14-19(20)23(27-24)29-6-8-33-9-7-29/h3-4,11-13,15H,5-10,14H2,1-2H3,(H,26,27,28)/b25-12+. The minimum atomic E-state index is -3.19. The quantitative estimate of drug-likeness (QED) is 0.418. The van der Waals surface area contributed by atoms with E-state index >= 15 is 0 Å². The maximum atomic E-state index is 13.0. The molecule has 0 aliphatic carbocycles. The van der Waals surface area contributed by atoms with Gasteiger partial charge in [-0.15, -0.1) is 0 Å². The van der Waals surface area contributed by atoms with Crippen LogP contribution in [0, 0.1) is 0 Å². The van der Waals surface area contributed by atoms with E-state index < -0.39 is 9.84 Å². The molecule has 2 aromatic heterocycles. The Balaban J connectivity index is 1.44. The van der Waals surface area contributed by atoms with Crippen molar-refractivity contribution in [3.63, 3.8) is 0 Å². The van der Waals surface area contributed by atoms with Crippen LogP contribution in [0.25, 0.3) is 11.0 Å². The van der Waals surface area contributed by atoms with Gasteiger partial charge in [0.05, 0.1) is 47.6 Å². The van der Waals surface area contributed by atoms with Gasteiger partial charge >= 0.3 is 0 Å². The first-order valence-electron chi connectivity index (χ1n) is 11.6. The summed E-state index contributed by atoms with van der Waals surface area (Å²) in [6.45, 7) is 6.45. The fourth-order valence-electron chi connectivity index (χ4n) is 4.27. The van der Waals surface area contributed by atoms with Gasteiger partial charge in [-0.2, -0.15) is 10.1 Å². The molecule has 0 amide bonds. The summed E-state index contributed by atoms with van der Waals surface area (Å²) in [6.07, 6.45) is 3.08. The molecular weight excluding hydrogens is 470 g/mol. The first-order valence-corrected chi connectivity index (χ1v) is 13.4. The third-order valence-corrected chi connectivity index (χ3v) is 7.81.